The monoisotopic (exact) mass is 232 g/mol. The summed E-state index contributed by atoms with van der Waals surface area (Å²) in [5.74, 6) is -0.294. The second-order valence-electron chi connectivity index (χ2n) is 2.77. The Bertz CT molecular complexity index is 455. The van der Waals surface area contributed by atoms with Gasteiger partial charge in [-0.2, -0.15) is 8.42 Å². The van der Waals surface area contributed by atoms with Gasteiger partial charge in [-0.3, -0.25) is 15.6 Å². The van der Waals surface area contributed by atoms with Gasteiger partial charge in [-0.05, 0) is 24.3 Å². The maximum Gasteiger partial charge on any atom is 0.332 e. The van der Waals surface area contributed by atoms with Crippen LogP contribution in [0.1, 0.15) is 6.92 Å². The van der Waals surface area contributed by atoms with Crippen molar-refractivity contribution in [1.82, 2.24) is 5.43 Å². The molecule has 0 saturated heterocycles. The molecule has 2 N–H and O–H groups in total. The fourth-order valence-electron chi connectivity index (χ4n) is 0.861. The normalized spacial score (nSPS) is 10.8. The van der Waals surface area contributed by atoms with E-state index in [4.69, 9.17) is 0 Å². The van der Waals surface area contributed by atoms with Crippen molar-refractivity contribution in [1.29, 1.82) is 0 Å². The minimum absolute atomic E-state index is 0.294. The van der Waals surface area contributed by atoms with Crippen LogP contribution < -0.4 is 10.9 Å². The van der Waals surface area contributed by atoms with Gasteiger partial charge in [0.05, 0.1) is 10.6 Å². The van der Waals surface area contributed by atoms with Crippen molar-refractivity contribution in [2.24, 2.45) is 0 Å². The first kappa shape index (κ1) is 11.4. The van der Waals surface area contributed by atoms with E-state index < -0.39 is 15.1 Å². The summed E-state index contributed by atoms with van der Waals surface area (Å²) in [7, 11) is -4.67. The highest BCUT2D eigenvalue weighted by atomic mass is 32.3. The predicted molar refractivity (Wildman–Crippen MR) is 52.2 cm³/mol. The fraction of sp³-hybridized carbons (Fsp3) is 0.125. The third-order valence-corrected chi connectivity index (χ3v) is 2.35. The number of carbonyl (C=O) groups is 1. The minimum Gasteiger partial charge on any atom is -0.299 e. The highest BCUT2D eigenvalue weighted by Gasteiger charge is 2.10. The van der Waals surface area contributed by atoms with Gasteiger partial charge in [0, 0.05) is 6.92 Å². The van der Waals surface area contributed by atoms with Crippen LogP contribution in [0.25, 0.3) is 0 Å². The number of hydrazine groups is 1. The maximum atomic E-state index is 12.4. The molecule has 0 radical (unpaired) electrons. The number of hydrogen-bond donors (Lipinski definition) is 2. The second kappa shape index (κ2) is 4.26. The van der Waals surface area contributed by atoms with Crippen LogP contribution in [-0.4, -0.2) is 14.3 Å². The molecule has 0 aromatic heterocycles. The highest BCUT2D eigenvalue weighted by molar-refractivity contribution is 7.86. The van der Waals surface area contributed by atoms with Gasteiger partial charge in [-0.25, -0.2) is 0 Å². The average Bonchev–Trinajstić information content (AvgIpc) is 2.14. The molecule has 0 aliphatic heterocycles. The third kappa shape index (κ3) is 3.55. The van der Waals surface area contributed by atoms with E-state index in [2.05, 4.69) is 10.9 Å². The van der Waals surface area contributed by atoms with Gasteiger partial charge in [0.1, 0.15) is 0 Å². The summed E-state index contributed by atoms with van der Waals surface area (Å²) < 4.78 is 33.4. The number of anilines is 1. The van der Waals surface area contributed by atoms with E-state index in [1.54, 1.807) is 0 Å². The lowest BCUT2D eigenvalue weighted by Crippen LogP contribution is -2.26. The van der Waals surface area contributed by atoms with Crippen LogP contribution in [0.3, 0.4) is 0 Å². The largest absolute Gasteiger partial charge is 0.332 e. The Hall–Kier alpha value is -1.63. The van der Waals surface area contributed by atoms with Crippen LogP contribution in [-0.2, 0) is 15.0 Å². The van der Waals surface area contributed by atoms with E-state index in [1.165, 1.54) is 19.1 Å². The quantitative estimate of drug-likeness (QED) is 0.597. The number of halogens is 1. The van der Waals surface area contributed by atoms with Crippen molar-refractivity contribution in [2.45, 2.75) is 11.8 Å². The van der Waals surface area contributed by atoms with Crippen molar-refractivity contribution in [3.05, 3.63) is 24.3 Å². The number of amides is 1. The Labute approximate surface area is 86.5 Å². The molecule has 1 aromatic rings. The summed E-state index contributed by atoms with van der Waals surface area (Å²) in [4.78, 5) is 10.1. The molecule has 0 aliphatic carbocycles. The molecule has 5 nitrogen and oxygen atoms in total. The topological polar surface area (TPSA) is 75.3 Å². The summed E-state index contributed by atoms with van der Waals surface area (Å²) in [6.45, 7) is 1.31. The van der Waals surface area contributed by atoms with Crippen molar-refractivity contribution < 1.29 is 17.1 Å². The molecule has 1 rings (SSSR count). The van der Waals surface area contributed by atoms with Crippen LogP contribution in [0.2, 0.25) is 0 Å². The Morgan fingerprint density at radius 2 is 1.80 bits per heavy atom. The second-order valence-corrected chi connectivity index (χ2v) is 4.12. The van der Waals surface area contributed by atoms with Crippen molar-refractivity contribution in [3.8, 4) is 0 Å². The molecule has 0 saturated carbocycles. The maximum absolute atomic E-state index is 12.4. The Balaban J connectivity index is 2.77. The van der Waals surface area contributed by atoms with Crippen molar-refractivity contribution >= 4 is 21.8 Å². The average molecular weight is 232 g/mol. The summed E-state index contributed by atoms with van der Waals surface area (Å²) in [6, 6.07) is 4.86. The van der Waals surface area contributed by atoms with E-state index in [0.29, 0.717) is 5.69 Å². The fourth-order valence-corrected chi connectivity index (χ4v) is 1.32. The van der Waals surface area contributed by atoms with Gasteiger partial charge in [0.15, 0.2) is 0 Å². The summed E-state index contributed by atoms with van der Waals surface area (Å²) in [5, 5.41) is 0. The predicted octanol–water partition coefficient (Wildman–Crippen LogP) is 0.808. The zero-order valence-corrected chi connectivity index (χ0v) is 8.64. The molecule has 0 spiro atoms. The summed E-state index contributed by atoms with van der Waals surface area (Å²) in [5.41, 5.74) is 5.25. The Morgan fingerprint density at radius 1 is 1.27 bits per heavy atom. The SMILES string of the molecule is CC(=O)NNc1ccc(S(=O)(=O)F)cc1. The lowest BCUT2D eigenvalue weighted by Gasteiger charge is -2.05. The van der Waals surface area contributed by atoms with Crippen LogP contribution in [0, 0.1) is 0 Å². The van der Waals surface area contributed by atoms with Gasteiger partial charge in [-0.1, -0.05) is 0 Å². The van der Waals surface area contributed by atoms with Crippen molar-refractivity contribution in [2.75, 3.05) is 5.43 Å². The lowest BCUT2D eigenvalue weighted by molar-refractivity contribution is -0.118. The van der Waals surface area contributed by atoms with Crippen LogP contribution in [0.5, 0.6) is 0 Å². The van der Waals surface area contributed by atoms with Crippen LogP contribution >= 0.6 is 0 Å². The molecule has 0 fully saturated rings. The van der Waals surface area contributed by atoms with Gasteiger partial charge < -0.3 is 0 Å². The standard InChI is InChI=1S/C8H9FN2O3S/c1-6(12)10-11-7-2-4-8(5-3-7)15(9,13)14/h2-5,11H,1H3,(H,10,12). The summed E-state index contributed by atoms with van der Waals surface area (Å²) >= 11 is 0. The molecule has 0 heterocycles. The molecule has 1 amide bonds. The summed E-state index contributed by atoms with van der Waals surface area (Å²) in [6.07, 6.45) is 0. The van der Waals surface area contributed by atoms with E-state index in [0.717, 1.165) is 12.1 Å². The first-order chi connectivity index (χ1) is 6.89. The van der Waals surface area contributed by atoms with E-state index >= 15 is 0 Å². The Morgan fingerprint density at radius 3 is 2.20 bits per heavy atom. The van der Waals surface area contributed by atoms with E-state index in [9.17, 15) is 17.1 Å². The van der Waals surface area contributed by atoms with Gasteiger partial charge >= 0.3 is 10.2 Å². The molecule has 1 aromatic carbocycles. The molecule has 7 heteroatoms. The van der Waals surface area contributed by atoms with Gasteiger partial charge in [0.2, 0.25) is 5.91 Å². The zero-order valence-electron chi connectivity index (χ0n) is 7.82. The molecular formula is C8H9FN2O3S. The molecule has 0 aliphatic rings. The molecule has 15 heavy (non-hydrogen) atoms. The molecule has 0 atom stereocenters. The first-order valence-electron chi connectivity index (χ1n) is 3.97. The number of hydrogen-bond acceptors (Lipinski definition) is 4. The third-order valence-electron chi connectivity index (χ3n) is 1.52. The molecule has 0 bridgehead atoms. The highest BCUT2D eigenvalue weighted by Crippen LogP contribution is 2.15. The zero-order chi connectivity index (χ0) is 11.5. The first-order valence-corrected chi connectivity index (χ1v) is 5.35. The Kier molecular flexibility index (Phi) is 3.25. The van der Waals surface area contributed by atoms with Gasteiger partial charge in [-0.15, -0.1) is 3.89 Å². The minimum atomic E-state index is -4.67. The molecule has 0 unspecified atom stereocenters. The van der Waals surface area contributed by atoms with E-state index in [-0.39, 0.29) is 5.91 Å². The van der Waals surface area contributed by atoms with Crippen molar-refractivity contribution in [3.63, 3.8) is 0 Å². The molecule has 82 valence electrons. The van der Waals surface area contributed by atoms with Crippen LogP contribution in [0.4, 0.5) is 9.57 Å². The number of carbonyl (C=O) groups excluding carboxylic acids is 1. The number of nitrogens with one attached hydrogen (secondary N) is 2. The number of rotatable bonds is 3. The lowest BCUT2D eigenvalue weighted by atomic mass is 10.3. The van der Waals surface area contributed by atoms with Crippen LogP contribution in [0.15, 0.2) is 29.2 Å². The van der Waals surface area contributed by atoms with E-state index in [1.807, 2.05) is 0 Å². The molecular weight excluding hydrogens is 223 g/mol. The smallest absolute Gasteiger partial charge is 0.299 e. The number of benzene rings is 1. The van der Waals surface area contributed by atoms with Gasteiger partial charge in [0.25, 0.3) is 0 Å².